The Morgan fingerprint density at radius 2 is 1.90 bits per heavy atom. The molecule has 0 unspecified atom stereocenters. The largest absolute Gasteiger partial charge is 0.491 e. The number of imidazole rings is 1. The lowest BCUT2D eigenvalue weighted by Crippen LogP contribution is -2.05. The minimum absolute atomic E-state index is 0.176. The zero-order valence-corrected chi connectivity index (χ0v) is 12.1. The molecule has 0 saturated heterocycles. The molecule has 3 aromatic rings. The summed E-state index contributed by atoms with van der Waals surface area (Å²) in [5.74, 6) is 0.871. The number of hydrogen-bond acceptors (Lipinski definition) is 2. The second kappa shape index (κ2) is 5.17. The van der Waals surface area contributed by atoms with Crippen LogP contribution in [0.1, 0.15) is 13.8 Å². The molecular weight excluding hydrogens is 272 g/mol. The van der Waals surface area contributed by atoms with Crippen LogP contribution in [0.15, 0.2) is 48.8 Å². The SMILES string of the molecule is CC(C)Oc1ccc(-c2cnc3c(Cl)cccn23)cc1. The van der Waals surface area contributed by atoms with E-state index in [0.29, 0.717) is 5.02 Å². The van der Waals surface area contributed by atoms with Crippen LogP contribution >= 0.6 is 11.6 Å². The Morgan fingerprint density at radius 1 is 1.15 bits per heavy atom. The molecule has 3 rings (SSSR count). The number of ether oxygens (including phenoxy) is 1. The molecule has 0 spiro atoms. The first-order valence-electron chi connectivity index (χ1n) is 6.54. The summed E-state index contributed by atoms with van der Waals surface area (Å²) in [6.07, 6.45) is 3.97. The fourth-order valence-corrected chi connectivity index (χ4v) is 2.38. The number of aromatic nitrogens is 2. The lowest BCUT2D eigenvalue weighted by molar-refractivity contribution is 0.242. The molecule has 3 nitrogen and oxygen atoms in total. The van der Waals surface area contributed by atoms with Crippen molar-refractivity contribution in [3.05, 3.63) is 53.8 Å². The fourth-order valence-electron chi connectivity index (χ4n) is 2.17. The average molecular weight is 287 g/mol. The zero-order valence-electron chi connectivity index (χ0n) is 11.4. The highest BCUT2D eigenvalue weighted by Gasteiger charge is 2.08. The number of rotatable bonds is 3. The van der Waals surface area contributed by atoms with E-state index in [1.54, 1.807) is 0 Å². The molecule has 20 heavy (non-hydrogen) atoms. The topological polar surface area (TPSA) is 26.5 Å². The predicted molar refractivity (Wildman–Crippen MR) is 81.4 cm³/mol. The average Bonchev–Trinajstić information content (AvgIpc) is 2.84. The van der Waals surface area contributed by atoms with Crippen molar-refractivity contribution in [2.75, 3.05) is 0 Å². The highest BCUT2D eigenvalue weighted by Crippen LogP contribution is 2.26. The summed E-state index contributed by atoms with van der Waals surface area (Å²) in [6.45, 7) is 4.03. The van der Waals surface area contributed by atoms with Gasteiger partial charge in [-0.25, -0.2) is 4.98 Å². The minimum atomic E-state index is 0.176. The van der Waals surface area contributed by atoms with Crippen molar-refractivity contribution in [3.8, 4) is 17.0 Å². The van der Waals surface area contributed by atoms with E-state index < -0.39 is 0 Å². The summed E-state index contributed by atoms with van der Waals surface area (Å²) < 4.78 is 7.64. The van der Waals surface area contributed by atoms with Crippen molar-refractivity contribution < 1.29 is 4.74 Å². The fraction of sp³-hybridized carbons (Fsp3) is 0.188. The first-order valence-corrected chi connectivity index (χ1v) is 6.91. The van der Waals surface area contributed by atoms with E-state index in [1.807, 2.05) is 67.0 Å². The molecule has 0 N–H and O–H groups in total. The molecule has 1 aromatic carbocycles. The van der Waals surface area contributed by atoms with Gasteiger partial charge in [-0.05, 0) is 50.2 Å². The van der Waals surface area contributed by atoms with Crippen LogP contribution < -0.4 is 4.74 Å². The van der Waals surface area contributed by atoms with E-state index in [0.717, 1.165) is 22.7 Å². The van der Waals surface area contributed by atoms with Gasteiger partial charge < -0.3 is 4.74 Å². The Hall–Kier alpha value is -2.00. The number of hydrogen-bond donors (Lipinski definition) is 0. The number of nitrogens with zero attached hydrogens (tertiary/aromatic N) is 2. The van der Waals surface area contributed by atoms with Crippen LogP contribution in [0.2, 0.25) is 5.02 Å². The Bertz CT molecular complexity index is 732. The number of fused-ring (bicyclic) bond motifs is 1. The Balaban J connectivity index is 2.01. The van der Waals surface area contributed by atoms with Crippen LogP contribution in [0, 0.1) is 0 Å². The maximum Gasteiger partial charge on any atom is 0.156 e. The first-order chi connectivity index (χ1) is 9.65. The third-order valence-electron chi connectivity index (χ3n) is 3.01. The lowest BCUT2D eigenvalue weighted by Gasteiger charge is -2.10. The van der Waals surface area contributed by atoms with Gasteiger partial charge in [0, 0.05) is 11.8 Å². The van der Waals surface area contributed by atoms with Crippen LogP contribution in [0.5, 0.6) is 5.75 Å². The molecule has 0 aliphatic carbocycles. The van der Waals surface area contributed by atoms with E-state index in [2.05, 4.69) is 4.98 Å². The molecule has 2 heterocycles. The number of halogens is 1. The zero-order chi connectivity index (χ0) is 14.1. The maximum atomic E-state index is 6.14. The van der Waals surface area contributed by atoms with Gasteiger partial charge in [0.25, 0.3) is 0 Å². The van der Waals surface area contributed by atoms with Gasteiger partial charge in [0.15, 0.2) is 5.65 Å². The molecule has 0 bridgehead atoms. The highest BCUT2D eigenvalue weighted by molar-refractivity contribution is 6.33. The van der Waals surface area contributed by atoms with Gasteiger partial charge in [0.1, 0.15) is 5.75 Å². The summed E-state index contributed by atoms with van der Waals surface area (Å²) in [4.78, 5) is 4.37. The van der Waals surface area contributed by atoms with Gasteiger partial charge in [-0.15, -0.1) is 0 Å². The van der Waals surface area contributed by atoms with E-state index in [-0.39, 0.29) is 6.10 Å². The number of pyridine rings is 1. The van der Waals surface area contributed by atoms with Gasteiger partial charge in [-0.3, -0.25) is 4.40 Å². The van der Waals surface area contributed by atoms with Crippen LogP contribution in [0.3, 0.4) is 0 Å². The molecule has 0 aliphatic heterocycles. The summed E-state index contributed by atoms with van der Waals surface area (Å²) in [5, 5.41) is 0.651. The van der Waals surface area contributed by atoms with Crippen molar-refractivity contribution in [3.63, 3.8) is 0 Å². The molecule has 0 radical (unpaired) electrons. The van der Waals surface area contributed by atoms with Crippen LogP contribution in [0.4, 0.5) is 0 Å². The molecule has 2 aromatic heterocycles. The molecule has 0 aliphatic rings. The Morgan fingerprint density at radius 3 is 2.60 bits per heavy atom. The van der Waals surface area contributed by atoms with Crippen molar-refractivity contribution in [2.45, 2.75) is 20.0 Å². The minimum Gasteiger partial charge on any atom is -0.491 e. The van der Waals surface area contributed by atoms with Gasteiger partial charge in [0.2, 0.25) is 0 Å². The summed E-state index contributed by atoms with van der Waals surface area (Å²) >= 11 is 6.14. The smallest absolute Gasteiger partial charge is 0.156 e. The van der Waals surface area contributed by atoms with E-state index in [9.17, 15) is 0 Å². The monoisotopic (exact) mass is 286 g/mol. The van der Waals surface area contributed by atoms with E-state index in [4.69, 9.17) is 16.3 Å². The van der Waals surface area contributed by atoms with Gasteiger partial charge in [0.05, 0.1) is 23.0 Å². The normalized spacial score (nSPS) is 11.2. The van der Waals surface area contributed by atoms with Crippen molar-refractivity contribution in [2.24, 2.45) is 0 Å². The van der Waals surface area contributed by atoms with E-state index >= 15 is 0 Å². The van der Waals surface area contributed by atoms with Crippen molar-refractivity contribution >= 4 is 17.2 Å². The van der Waals surface area contributed by atoms with Gasteiger partial charge >= 0.3 is 0 Å². The molecule has 0 fully saturated rings. The third-order valence-corrected chi connectivity index (χ3v) is 3.31. The summed E-state index contributed by atoms with van der Waals surface area (Å²) in [6, 6.07) is 11.8. The molecular formula is C16H15ClN2O. The van der Waals surface area contributed by atoms with Crippen molar-refractivity contribution in [1.82, 2.24) is 9.38 Å². The quantitative estimate of drug-likeness (QED) is 0.711. The second-order valence-electron chi connectivity index (χ2n) is 4.88. The Kier molecular flexibility index (Phi) is 3.36. The first kappa shape index (κ1) is 13.0. The predicted octanol–water partition coefficient (Wildman–Crippen LogP) is 4.44. The third kappa shape index (κ3) is 2.37. The molecule has 0 amide bonds. The van der Waals surface area contributed by atoms with Crippen molar-refractivity contribution in [1.29, 1.82) is 0 Å². The second-order valence-corrected chi connectivity index (χ2v) is 5.29. The van der Waals surface area contributed by atoms with Gasteiger partial charge in [-0.1, -0.05) is 11.6 Å². The Labute approximate surface area is 122 Å². The molecule has 102 valence electrons. The number of benzene rings is 1. The van der Waals surface area contributed by atoms with Crippen LogP contribution in [-0.2, 0) is 0 Å². The van der Waals surface area contributed by atoms with Gasteiger partial charge in [-0.2, -0.15) is 0 Å². The highest BCUT2D eigenvalue weighted by atomic mass is 35.5. The lowest BCUT2D eigenvalue weighted by atomic mass is 10.1. The van der Waals surface area contributed by atoms with Crippen LogP contribution in [0.25, 0.3) is 16.9 Å². The molecule has 0 saturated carbocycles. The van der Waals surface area contributed by atoms with E-state index in [1.165, 1.54) is 0 Å². The van der Waals surface area contributed by atoms with Crippen LogP contribution in [-0.4, -0.2) is 15.5 Å². The molecule has 0 atom stereocenters. The standard InChI is InChI=1S/C16H15ClN2O/c1-11(2)20-13-7-5-12(6-8-13)15-10-18-16-14(17)4-3-9-19(15)16/h3-11H,1-2H3. The molecule has 4 heteroatoms. The summed E-state index contributed by atoms with van der Waals surface area (Å²) in [7, 11) is 0. The maximum absolute atomic E-state index is 6.14. The summed E-state index contributed by atoms with van der Waals surface area (Å²) in [5.41, 5.74) is 2.86.